The molecule has 0 fully saturated rings. The number of hydrogen-bond donors (Lipinski definition) is 1. The zero-order valence-electron chi connectivity index (χ0n) is 14.2. The van der Waals surface area contributed by atoms with E-state index in [9.17, 15) is 9.59 Å². The summed E-state index contributed by atoms with van der Waals surface area (Å²) in [6, 6.07) is 13.6. The van der Waals surface area contributed by atoms with Crippen molar-refractivity contribution in [1.82, 2.24) is 5.32 Å². The Kier molecular flexibility index (Phi) is 7.70. The zero-order valence-corrected chi connectivity index (χ0v) is 15.8. The first-order chi connectivity index (χ1) is 12.5. The van der Waals surface area contributed by atoms with E-state index in [1.54, 1.807) is 31.2 Å². The van der Waals surface area contributed by atoms with Crippen LogP contribution >= 0.6 is 23.2 Å². The minimum Gasteiger partial charge on any atom is -0.464 e. The van der Waals surface area contributed by atoms with Crippen molar-refractivity contribution in [3.05, 3.63) is 75.8 Å². The van der Waals surface area contributed by atoms with Gasteiger partial charge in [-0.1, -0.05) is 59.6 Å². The fourth-order valence-corrected chi connectivity index (χ4v) is 2.78. The second-order valence-corrected chi connectivity index (χ2v) is 6.35. The van der Waals surface area contributed by atoms with E-state index in [0.29, 0.717) is 22.0 Å². The van der Waals surface area contributed by atoms with E-state index >= 15 is 0 Å². The first-order valence-corrected chi connectivity index (χ1v) is 8.89. The molecule has 0 saturated heterocycles. The summed E-state index contributed by atoms with van der Waals surface area (Å²) in [4.78, 5) is 24.4. The highest BCUT2D eigenvalue weighted by Crippen LogP contribution is 2.21. The minimum absolute atomic E-state index is 0.246. The lowest BCUT2D eigenvalue weighted by Gasteiger charge is -2.16. The highest BCUT2D eigenvalue weighted by molar-refractivity contribution is 6.35. The summed E-state index contributed by atoms with van der Waals surface area (Å²) in [6.45, 7) is 1.97. The van der Waals surface area contributed by atoms with Gasteiger partial charge in [-0.2, -0.15) is 0 Å². The maximum atomic E-state index is 12.2. The summed E-state index contributed by atoms with van der Waals surface area (Å²) in [5, 5.41) is 3.64. The molecule has 2 aromatic rings. The molecule has 0 radical (unpaired) electrons. The van der Waals surface area contributed by atoms with E-state index < -0.39 is 17.9 Å². The van der Waals surface area contributed by atoms with Gasteiger partial charge in [0.05, 0.1) is 6.61 Å². The van der Waals surface area contributed by atoms with Crippen molar-refractivity contribution >= 4 is 41.2 Å². The van der Waals surface area contributed by atoms with E-state index in [0.717, 1.165) is 5.56 Å². The van der Waals surface area contributed by atoms with Gasteiger partial charge >= 0.3 is 5.97 Å². The molecule has 0 unspecified atom stereocenters. The molecule has 1 N–H and O–H groups in total. The van der Waals surface area contributed by atoms with Crippen LogP contribution in [0.1, 0.15) is 18.1 Å². The fraction of sp³-hybridized carbons (Fsp3) is 0.200. The number of ether oxygens (including phenoxy) is 1. The first kappa shape index (κ1) is 20.0. The van der Waals surface area contributed by atoms with Crippen LogP contribution in [0.4, 0.5) is 0 Å². The summed E-state index contributed by atoms with van der Waals surface area (Å²) < 4.78 is 5.06. The number of nitrogens with one attached hydrogen (secondary N) is 1. The van der Waals surface area contributed by atoms with E-state index in [1.807, 2.05) is 30.3 Å². The number of carbonyl (C=O) groups is 2. The van der Waals surface area contributed by atoms with Crippen LogP contribution in [0.2, 0.25) is 10.0 Å². The van der Waals surface area contributed by atoms with Crippen LogP contribution in [0.3, 0.4) is 0 Å². The number of esters is 1. The number of rotatable bonds is 7. The van der Waals surface area contributed by atoms with E-state index in [4.69, 9.17) is 27.9 Å². The summed E-state index contributed by atoms with van der Waals surface area (Å²) in [5.74, 6) is -0.882. The third-order valence-electron chi connectivity index (χ3n) is 3.55. The fourth-order valence-electron chi connectivity index (χ4n) is 2.31. The normalized spacial score (nSPS) is 12.0. The lowest BCUT2D eigenvalue weighted by atomic mass is 10.1. The van der Waals surface area contributed by atoms with Gasteiger partial charge < -0.3 is 10.1 Å². The molecule has 0 heterocycles. The third-order valence-corrected chi connectivity index (χ3v) is 4.11. The highest BCUT2D eigenvalue weighted by atomic mass is 35.5. The lowest BCUT2D eigenvalue weighted by molar-refractivity contribution is -0.146. The van der Waals surface area contributed by atoms with Gasteiger partial charge in [-0.25, -0.2) is 4.79 Å². The van der Waals surface area contributed by atoms with Gasteiger partial charge in [0.1, 0.15) is 6.04 Å². The minimum atomic E-state index is -0.768. The van der Waals surface area contributed by atoms with Gasteiger partial charge in [-0.3, -0.25) is 4.79 Å². The molecule has 0 aliphatic rings. The predicted molar refractivity (Wildman–Crippen MR) is 104 cm³/mol. The molecular formula is C20H19Cl2NO3. The van der Waals surface area contributed by atoms with Crippen LogP contribution in [0.15, 0.2) is 54.6 Å². The Hall–Kier alpha value is -2.30. The van der Waals surface area contributed by atoms with Crippen molar-refractivity contribution < 1.29 is 14.3 Å². The van der Waals surface area contributed by atoms with Crippen LogP contribution in [-0.2, 0) is 20.7 Å². The molecule has 4 nitrogen and oxygen atoms in total. The summed E-state index contributed by atoms with van der Waals surface area (Å²) in [7, 11) is 0. The summed E-state index contributed by atoms with van der Waals surface area (Å²) in [6.07, 6.45) is 3.24. The molecule has 26 heavy (non-hydrogen) atoms. The highest BCUT2D eigenvalue weighted by Gasteiger charge is 2.21. The Morgan fingerprint density at radius 1 is 1.15 bits per heavy atom. The van der Waals surface area contributed by atoms with Crippen molar-refractivity contribution in [2.24, 2.45) is 0 Å². The van der Waals surface area contributed by atoms with Crippen molar-refractivity contribution in [2.75, 3.05) is 6.61 Å². The molecule has 0 aliphatic heterocycles. The topological polar surface area (TPSA) is 55.4 Å². The molecule has 0 aliphatic carbocycles. The molecule has 0 saturated carbocycles. The van der Waals surface area contributed by atoms with Gasteiger partial charge in [0.15, 0.2) is 0 Å². The standard InChI is InChI=1S/C20H19Cl2NO3/c1-2-26-20(25)18(12-14-6-4-3-5-7-14)23-19(24)11-9-15-8-10-16(21)13-17(15)22/h3-11,13,18H,2,12H2,1H3,(H,23,24)/b11-9+/t18-/m0/s1. The third kappa shape index (κ3) is 6.21. The van der Waals surface area contributed by atoms with Crippen molar-refractivity contribution in [2.45, 2.75) is 19.4 Å². The van der Waals surface area contributed by atoms with Gasteiger partial charge in [-0.15, -0.1) is 0 Å². The Bertz CT molecular complexity index is 791. The Balaban J connectivity index is 2.07. The maximum Gasteiger partial charge on any atom is 0.328 e. The maximum absolute atomic E-state index is 12.2. The lowest BCUT2D eigenvalue weighted by Crippen LogP contribution is -2.42. The molecule has 0 bridgehead atoms. The van der Waals surface area contributed by atoms with Crippen LogP contribution < -0.4 is 5.32 Å². The molecular weight excluding hydrogens is 373 g/mol. The average molecular weight is 392 g/mol. The first-order valence-electron chi connectivity index (χ1n) is 8.13. The second-order valence-electron chi connectivity index (χ2n) is 5.50. The van der Waals surface area contributed by atoms with Gasteiger partial charge in [-0.05, 0) is 36.3 Å². The van der Waals surface area contributed by atoms with Gasteiger partial charge in [0, 0.05) is 22.5 Å². The molecule has 1 atom stereocenters. The van der Waals surface area contributed by atoms with Crippen molar-refractivity contribution in [3.8, 4) is 0 Å². The smallest absolute Gasteiger partial charge is 0.328 e. The quantitative estimate of drug-likeness (QED) is 0.565. The van der Waals surface area contributed by atoms with Crippen LogP contribution in [-0.4, -0.2) is 24.5 Å². The predicted octanol–water partition coefficient (Wildman–Crippen LogP) is 4.30. The molecule has 2 rings (SSSR count). The Morgan fingerprint density at radius 2 is 1.88 bits per heavy atom. The number of hydrogen-bond acceptors (Lipinski definition) is 3. The molecule has 6 heteroatoms. The molecule has 1 amide bonds. The zero-order chi connectivity index (χ0) is 18.9. The molecule has 2 aromatic carbocycles. The number of amides is 1. The van der Waals surface area contributed by atoms with E-state index in [-0.39, 0.29) is 6.61 Å². The number of carbonyl (C=O) groups excluding carboxylic acids is 2. The summed E-state index contributed by atoms with van der Waals surface area (Å²) >= 11 is 11.9. The number of halogens is 2. The molecule has 136 valence electrons. The Morgan fingerprint density at radius 3 is 2.54 bits per heavy atom. The monoisotopic (exact) mass is 391 g/mol. The molecule has 0 spiro atoms. The summed E-state index contributed by atoms with van der Waals surface area (Å²) in [5.41, 5.74) is 1.58. The van der Waals surface area contributed by atoms with Crippen molar-refractivity contribution in [1.29, 1.82) is 0 Å². The van der Waals surface area contributed by atoms with Gasteiger partial charge in [0.2, 0.25) is 5.91 Å². The van der Waals surface area contributed by atoms with Crippen LogP contribution in [0, 0.1) is 0 Å². The largest absolute Gasteiger partial charge is 0.464 e. The van der Waals surface area contributed by atoms with E-state index in [1.165, 1.54) is 6.08 Å². The second kappa shape index (κ2) is 10.00. The number of benzene rings is 2. The van der Waals surface area contributed by atoms with Crippen molar-refractivity contribution in [3.63, 3.8) is 0 Å². The SMILES string of the molecule is CCOC(=O)[C@H](Cc1ccccc1)NC(=O)/C=C/c1ccc(Cl)cc1Cl. The molecule has 0 aromatic heterocycles. The average Bonchev–Trinajstić information content (AvgIpc) is 2.61. The van der Waals surface area contributed by atoms with Crippen LogP contribution in [0.5, 0.6) is 0 Å². The van der Waals surface area contributed by atoms with Crippen LogP contribution in [0.25, 0.3) is 6.08 Å². The Labute approximate surface area is 162 Å². The van der Waals surface area contributed by atoms with Gasteiger partial charge in [0.25, 0.3) is 0 Å². The van der Waals surface area contributed by atoms with E-state index in [2.05, 4.69) is 5.32 Å².